The van der Waals surface area contributed by atoms with Gasteiger partial charge < -0.3 is 5.73 Å². The summed E-state index contributed by atoms with van der Waals surface area (Å²) in [6.45, 7) is 1.65. The smallest absolute Gasteiger partial charge is 0.138 e. The highest BCUT2D eigenvalue weighted by Crippen LogP contribution is 2.38. The Balaban J connectivity index is 2.31. The Bertz CT molecular complexity index is 427. The lowest BCUT2D eigenvalue weighted by Gasteiger charge is -2.21. The topological polar surface area (TPSA) is 29.3 Å². The summed E-state index contributed by atoms with van der Waals surface area (Å²) in [5.41, 5.74) is 6.67. The summed E-state index contributed by atoms with van der Waals surface area (Å²) in [6.07, 6.45) is 0.977. The first kappa shape index (κ1) is 13.3. The molecule has 1 heterocycles. The number of likely N-dealkylation sites (tertiary alicyclic amines) is 1. The highest BCUT2D eigenvalue weighted by Gasteiger charge is 2.31. The second-order valence-electron chi connectivity index (χ2n) is 4.58. The van der Waals surface area contributed by atoms with E-state index in [-0.39, 0.29) is 11.9 Å². The zero-order valence-corrected chi connectivity index (χ0v) is 11.9. The average Bonchev–Trinajstić information content (AvgIpc) is 2.65. The maximum atomic E-state index is 13.3. The minimum absolute atomic E-state index is 0.230. The zero-order valence-electron chi connectivity index (χ0n) is 9.59. The van der Waals surface area contributed by atoms with Crippen LogP contribution in [0, 0.1) is 11.7 Å². The first-order chi connectivity index (χ1) is 8.02. The summed E-state index contributed by atoms with van der Waals surface area (Å²) in [5.74, 6) is 0.166. The molecule has 2 nitrogen and oxygen atoms in total. The molecule has 2 unspecified atom stereocenters. The van der Waals surface area contributed by atoms with Crippen molar-refractivity contribution < 1.29 is 4.39 Å². The molecule has 5 heteroatoms. The Labute approximate surface area is 114 Å². The van der Waals surface area contributed by atoms with E-state index in [4.69, 9.17) is 17.3 Å². The number of nitrogens with zero attached hydrogens (tertiary/aromatic N) is 1. The minimum atomic E-state index is -0.324. The van der Waals surface area contributed by atoms with Gasteiger partial charge in [0.25, 0.3) is 0 Å². The summed E-state index contributed by atoms with van der Waals surface area (Å²) in [5, 5.41) is 0.486. The lowest BCUT2D eigenvalue weighted by molar-refractivity contribution is 0.313. The van der Waals surface area contributed by atoms with E-state index < -0.39 is 0 Å². The van der Waals surface area contributed by atoms with Gasteiger partial charge in [-0.1, -0.05) is 11.6 Å². The Morgan fingerprint density at radius 3 is 2.88 bits per heavy atom. The van der Waals surface area contributed by atoms with E-state index in [0.717, 1.165) is 18.5 Å². The molecule has 2 N–H and O–H groups in total. The van der Waals surface area contributed by atoms with Gasteiger partial charge in [0, 0.05) is 17.6 Å². The number of nitrogens with two attached hydrogens (primary N) is 1. The standard InChI is InChI=1S/C12H15BrClFN2/c1-17-6-7(5-16)2-12(17)8-3-9(13)11(15)4-10(8)14/h3-4,7,12H,2,5-6,16H2,1H3. The van der Waals surface area contributed by atoms with Gasteiger partial charge in [-0.2, -0.15) is 0 Å². The fourth-order valence-electron chi connectivity index (χ4n) is 2.43. The first-order valence-corrected chi connectivity index (χ1v) is 6.74. The summed E-state index contributed by atoms with van der Waals surface area (Å²) in [7, 11) is 2.05. The van der Waals surface area contributed by atoms with Crippen molar-refractivity contribution >= 4 is 27.5 Å². The molecule has 0 amide bonds. The molecule has 0 aliphatic carbocycles. The average molecular weight is 322 g/mol. The first-order valence-electron chi connectivity index (χ1n) is 5.57. The molecule has 1 fully saturated rings. The SMILES string of the molecule is CN1CC(CN)CC1c1cc(Br)c(F)cc1Cl. The third-order valence-corrected chi connectivity index (χ3v) is 4.30. The highest BCUT2D eigenvalue weighted by molar-refractivity contribution is 9.10. The molecule has 17 heavy (non-hydrogen) atoms. The van der Waals surface area contributed by atoms with Gasteiger partial charge in [0.1, 0.15) is 5.82 Å². The highest BCUT2D eigenvalue weighted by atomic mass is 79.9. The molecule has 0 radical (unpaired) electrons. The van der Waals surface area contributed by atoms with E-state index in [1.54, 1.807) is 6.07 Å². The van der Waals surface area contributed by atoms with Gasteiger partial charge in [-0.05, 0) is 59.6 Å². The van der Waals surface area contributed by atoms with Crippen LogP contribution < -0.4 is 5.73 Å². The Morgan fingerprint density at radius 2 is 2.29 bits per heavy atom. The van der Waals surface area contributed by atoms with Crippen molar-refractivity contribution in [2.45, 2.75) is 12.5 Å². The molecule has 1 saturated heterocycles. The van der Waals surface area contributed by atoms with Crippen molar-refractivity contribution in [1.82, 2.24) is 4.90 Å². The van der Waals surface area contributed by atoms with Crippen LogP contribution in [0.2, 0.25) is 5.02 Å². The molecule has 0 saturated carbocycles. The third kappa shape index (κ3) is 2.65. The maximum Gasteiger partial charge on any atom is 0.138 e. The lowest BCUT2D eigenvalue weighted by Crippen LogP contribution is -2.20. The molecular weight excluding hydrogens is 307 g/mol. The van der Waals surface area contributed by atoms with E-state index in [1.165, 1.54) is 6.07 Å². The number of hydrogen-bond acceptors (Lipinski definition) is 2. The Kier molecular flexibility index (Phi) is 4.08. The maximum absolute atomic E-state index is 13.3. The second kappa shape index (κ2) is 5.22. The molecule has 1 aromatic rings. The summed E-state index contributed by atoms with van der Waals surface area (Å²) >= 11 is 9.32. The number of hydrogen-bond donors (Lipinski definition) is 1. The van der Waals surface area contributed by atoms with E-state index in [9.17, 15) is 4.39 Å². The zero-order chi connectivity index (χ0) is 12.6. The van der Waals surface area contributed by atoms with E-state index in [0.29, 0.717) is 22.0 Å². The molecule has 1 aliphatic heterocycles. The van der Waals surface area contributed by atoms with Crippen molar-refractivity contribution in [3.63, 3.8) is 0 Å². The van der Waals surface area contributed by atoms with Crippen LogP contribution >= 0.6 is 27.5 Å². The quantitative estimate of drug-likeness (QED) is 0.848. The third-order valence-electron chi connectivity index (χ3n) is 3.37. The normalized spacial score (nSPS) is 25.5. The molecule has 1 aromatic carbocycles. The van der Waals surface area contributed by atoms with Crippen LogP contribution in [0.4, 0.5) is 4.39 Å². The summed E-state index contributed by atoms with van der Waals surface area (Å²) in [6, 6.07) is 3.37. The molecule has 0 spiro atoms. The summed E-state index contributed by atoms with van der Waals surface area (Å²) in [4.78, 5) is 2.23. The Hall–Kier alpha value is -0.160. The Morgan fingerprint density at radius 1 is 1.59 bits per heavy atom. The van der Waals surface area contributed by atoms with Crippen LogP contribution in [-0.4, -0.2) is 25.0 Å². The molecule has 0 aromatic heterocycles. The van der Waals surface area contributed by atoms with Crippen molar-refractivity contribution in [3.05, 3.63) is 33.0 Å². The van der Waals surface area contributed by atoms with Crippen LogP contribution in [0.1, 0.15) is 18.0 Å². The fourth-order valence-corrected chi connectivity index (χ4v) is 3.07. The molecular formula is C12H15BrClFN2. The number of halogens is 3. The van der Waals surface area contributed by atoms with Crippen molar-refractivity contribution in [2.24, 2.45) is 11.7 Å². The van der Waals surface area contributed by atoms with Crippen LogP contribution in [-0.2, 0) is 0 Å². The van der Waals surface area contributed by atoms with E-state index in [2.05, 4.69) is 20.8 Å². The predicted octanol–water partition coefficient (Wildman–Crippen LogP) is 3.19. The van der Waals surface area contributed by atoms with Gasteiger partial charge in [-0.15, -0.1) is 0 Å². The molecule has 94 valence electrons. The van der Waals surface area contributed by atoms with Gasteiger partial charge in [0.15, 0.2) is 0 Å². The minimum Gasteiger partial charge on any atom is -0.330 e. The largest absolute Gasteiger partial charge is 0.330 e. The monoisotopic (exact) mass is 320 g/mol. The van der Waals surface area contributed by atoms with Crippen LogP contribution in [0.15, 0.2) is 16.6 Å². The van der Waals surface area contributed by atoms with Crippen molar-refractivity contribution in [1.29, 1.82) is 0 Å². The number of benzene rings is 1. The second-order valence-corrected chi connectivity index (χ2v) is 5.84. The molecule has 2 atom stereocenters. The van der Waals surface area contributed by atoms with Gasteiger partial charge in [0.05, 0.1) is 4.47 Å². The van der Waals surface area contributed by atoms with E-state index >= 15 is 0 Å². The lowest BCUT2D eigenvalue weighted by atomic mass is 10.00. The van der Waals surface area contributed by atoms with Crippen LogP contribution in [0.25, 0.3) is 0 Å². The molecule has 0 bridgehead atoms. The fraction of sp³-hybridized carbons (Fsp3) is 0.500. The summed E-state index contributed by atoms with van der Waals surface area (Å²) < 4.78 is 13.8. The van der Waals surface area contributed by atoms with Gasteiger partial charge in [-0.3, -0.25) is 4.90 Å². The molecule has 1 aliphatic rings. The van der Waals surface area contributed by atoms with Gasteiger partial charge >= 0.3 is 0 Å². The van der Waals surface area contributed by atoms with Gasteiger partial charge in [0.2, 0.25) is 0 Å². The predicted molar refractivity (Wildman–Crippen MR) is 71.6 cm³/mol. The van der Waals surface area contributed by atoms with Crippen LogP contribution in [0.5, 0.6) is 0 Å². The van der Waals surface area contributed by atoms with Crippen LogP contribution in [0.3, 0.4) is 0 Å². The number of rotatable bonds is 2. The van der Waals surface area contributed by atoms with Crippen molar-refractivity contribution in [2.75, 3.05) is 20.1 Å². The van der Waals surface area contributed by atoms with E-state index in [1.807, 2.05) is 7.05 Å². The molecule has 2 rings (SSSR count). The van der Waals surface area contributed by atoms with Gasteiger partial charge in [-0.25, -0.2) is 4.39 Å². The van der Waals surface area contributed by atoms with Crippen molar-refractivity contribution in [3.8, 4) is 0 Å².